The van der Waals surface area contributed by atoms with E-state index in [9.17, 15) is 9.50 Å². The van der Waals surface area contributed by atoms with Gasteiger partial charge in [0, 0.05) is 17.6 Å². The van der Waals surface area contributed by atoms with Crippen molar-refractivity contribution < 1.29 is 9.50 Å². The summed E-state index contributed by atoms with van der Waals surface area (Å²) in [5.41, 5.74) is 7.65. The molecular formula is C19H23FN4O. The van der Waals surface area contributed by atoms with E-state index in [4.69, 9.17) is 5.73 Å². The van der Waals surface area contributed by atoms with Crippen LogP contribution in [0.2, 0.25) is 0 Å². The average molecular weight is 342 g/mol. The van der Waals surface area contributed by atoms with Crippen molar-refractivity contribution >= 4 is 17.5 Å². The van der Waals surface area contributed by atoms with Gasteiger partial charge in [-0.15, -0.1) is 0 Å². The van der Waals surface area contributed by atoms with Crippen LogP contribution in [0.4, 0.5) is 21.8 Å². The summed E-state index contributed by atoms with van der Waals surface area (Å²) in [5, 5.41) is 10.9. The van der Waals surface area contributed by atoms with Crippen LogP contribution in [0.25, 0.3) is 0 Å². The molecule has 2 aliphatic rings. The first-order chi connectivity index (χ1) is 11.8. The van der Waals surface area contributed by atoms with Crippen LogP contribution in [0.15, 0.2) is 24.4 Å². The summed E-state index contributed by atoms with van der Waals surface area (Å²) < 4.78 is 14.4. The zero-order valence-electron chi connectivity index (χ0n) is 14.6. The average Bonchev–Trinajstić information content (AvgIpc) is 3.12. The van der Waals surface area contributed by atoms with E-state index >= 15 is 0 Å². The molecule has 3 N–H and O–H groups in total. The second kappa shape index (κ2) is 5.39. The summed E-state index contributed by atoms with van der Waals surface area (Å²) in [5.74, 6) is -0.258. The number of fused-ring (bicyclic) bond motifs is 1. The molecular weight excluding hydrogens is 319 g/mol. The Morgan fingerprint density at radius 1 is 1.24 bits per heavy atom. The van der Waals surface area contributed by atoms with Gasteiger partial charge in [0.1, 0.15) is 0 Å². The van der Waals surface area contributed by atoms with Crippen LogP contribution >= 0.6 is 0 Å². The predicted octanol–water partition coefficient (Wildman–Crippen LogP) is 3.39. The zero-order valence-corrected chi connectivity index (χ0v) is 14.6. The molecule has 132 valence electrons. The first-order valence-corrected chi connectivity index (χ1v) is 8.73. The molecule has 1 aromatic heterocycles. The quantitative estimate of drug-likeness (QED) is 0.875. The van der Waals surface area contributed by atoms with Crippen molar-refractivity contribution in [3.63, 3.8) is 0 Å². The van der Waals surface area contributed by atoms with Gasteiger partial charge in [-0.3, -0.25) is 0 Å². The molecule has 0 bridgehead atoms. The molecule has 5 nitrogen and oxygen atoms in total. The first-order valence-electron chi connectivity index (χ1n) is 8.73. The Bertz CT molecular complexity index is 830. The molecule has 1 saturated carbocycles. The molecule has 25 heavy (non-hydrogen) atoms. The lowest BCUT2D eigenvalue weighted by Crippen LogP contribution is -2.26. The van der Waals surface area contributed by atoms with Crippen molar-refractivity contribution in [2.24, 2.45) is 0 Å². The molecule has 0 spiro atoms. The molecule has 0 unspecified atom stereocenters. The lowest BCUT2D eigenvalue weighted by molar-refractivity contribution is 0.0445. The van der Waals surface area contributed by atoms with Crippen LogP contribution < -0.4 is 10.6 Å². The van der Waals surface area contributed by atoms with Gasteiger partial charge >= 0.3 is 0 Å². The maximum Gasteiger partial charge on any atom is 0.222 e. The largest absolute Gasteiger partial charge is 0.385 e. The number of nitrogen functional groups attached to an aromatic ring is 1. The molecule has 1 fully saturated rings. The minimum atomic E-state index is -0.781. The second-order valence-electron chi connectivity index (χ2n) is 7.84. The summed E-state index contributed by atoms with van der Waals surface area (Å²) in [7, 11) is 0. The second-order valence-corrected chi connectivity index (χ2v) is 7.84. The fourth-order valence-electron chi connectivity index (χ4n) is 4.18. The molecule has 0 radical (unpaired) electrons. The highest BCUT2D eigenvalue weighted by Crippen LogP contribution is 2.47. The summed E-state index contributed by atoms with van der Waals surface area (Å²) in [6.07, 6.45) is 4.70. The van der Waals surface area contributed by atoms with Crippen molar-refractivity contribution in [1.82, 2.24) is 9.97 Å². The predicted molar refractivity (Wildman–Crippen MR) is 95.2 cm³/mol. The van der Waals surface area contributed by atoms with E-state index in [1.807, 2.05) is 17.0 Å². The zero-order chi connectivity index (χ0) is 17.8. The molecule has 1 aliphatic heterocycles. The highest BCUT2D eigenvalue weighted by molar-refractivity contribution is 5.72. The molecule has 1 aromatic carbocycles. The number of nitrogens with two attached hydrogens (primary N) is 1. The van der Waals surface area contributed by atoms with Gasteiger partial charge in [0.05, 0.1) is 11.8 Å². The Morgan fingerprint density at radius 2 is 1.96 bits per heavy atom. The van der Waals surface area contributed by atoms with E-state index in [0.717, 1.165) is 48.7 Å². The van der Waals surface area contributed by atoms with E-state index in [0.29, 0.717) is 6.54 Å². The third-order valence-corrected chi connectivity index (χ3v) is 5.54. The van der Waals surface area contributed by atoms with Crippen LogP contribution in [0.1, 0.15) is 50.7 Å². The summed E-state index contributed by atoms with van der Waals surface area (Å²) in [4.78, 5) is 9.69. The van der Waals surface area contributed by atoms with Crippen molar-refractivity contribution in [1.29, 1.82) is 0 Å². The van der Waals surface area contributed by atoms with Crippen LogP contribution in [-0.4, -0.2) is 21.6 Å². The minimum absolute atomic E-state index is 0.0493. The SMILES string of the molecule is CC1(C)CN(c2nc(N)ncc2F)c2cc(C3(O)CCCC3)ccc21. The Labute approximate surface area is 146 Å². The van der Waals surface area contributed by atoms with Crippen molar-refractivity contribution in [3.05, 3.63) is 41.3 Å². The van der Waals surface area contributed by atoms with Gasteiger partial charge in [0.25, 0.3) is 0 Å². The molecule has 2 heterocycles. The van der Waals surface area contributed by atoms with Gasteiger partial charge < -0.3 is 15.7 Å². The summed E-state index contributed by atoms with van der Waals surface area (Å²) >= 11 is 0. The van der Waals surface area contributed by atoms with Gasteiger partial charge in [0.2, 0.25) is 5.95 Å². The Morgan fingerprint density at radius 3 is 2.68 bits per heavy atom. The highest BCUT2D eigenvalue weighted by Gasteiger charge is 2.40. The molecule has 2 aromatic rings. The third kappa shape index (κ3) is 2.56. The van der Waals surface area contributed by atoms with Crippen LogP contribution in [0.5, 0.6) is 0 Å². The lowest BCUT2D eigenvalue weighted by atomic mass is 9.84. The number of benzene rings is 1. The van der Waals surface area contributed by atoms with Gasteiger partial charge in [0.15, 0.2) is 11.6 Å². The molecule has 0 amide bonds. The summed E-state index contributed by atoms with van der Waals surface area (Å²) in [6, 6.07) is 6.07. The van der Waals surface area contributed by atoms with Gasteiger partial charge in [-0.25, -0.2) is 9.37 Å². The molecule has 0 saturated heterocycles. The number of anilines is 3. The van der Waals surface area contributed by atoms with Crippen molar-refractivity contribution in [2.75, 3.05) is 17.2 Å². The number of rotatable bonds is 2. The lowest BCUT2D eigenvalue weighted by Gasteiger charge is -2.25. The molecule has 4 rings (SSSR count). The van der Waals surface area contributed by atoms with Gasteiger partial charge in [-0.1, -0.05) is 38.8 Å². The Balaban J connectivity index is 1.85. The van der Waals surface area contributed by atoms with Gasteiger partial charge in [-0.2, -0.15) is 4.98 Å². The maximum atomic E-state index is 14.4. The van der Waals surface area contributed by atoms with Crippen LogP contribution in [0, 0.1) is 5.82 Å². The number of hydrogen-bond donors (Lipinski definition) is 2. The number of aliphatic hydroxyl groups is 1. The number of aromatic nitrogens is 2. The van der Waals surface area contributed by atoms with E-state index in [2.05, 4.69) is 29.9 Å². The van der Waals surface area contributed by atoms with E-state index in [-0.39, 0.29) is 17.2 Å². The number of nitrogens with zero attached hydrogens (tertiary/aromatic N) is 3. The highest BCUT2D eigenvalue weighted by atomic mass is 19.1. The summed E-state index contributed by atoms with van der Waals surface area (Å²) in [6.45, 7) is 4.84. The topological polar surface area (TPSA) is 75.3 Å². The van der Waals surface area contributed by atoms with Crippen molar-refractivity contribution in [3.8, 4) is 0 Å². The third-order valence-electron chi connectivity index (χ3n) is 5.54. The Hall–Kier alpha value is -2.21. The Kier molecular flexibility index (Phi) is 3.51. The molecule has 6 heteroatoms. The van der Waals surface area contributed by atoms with Crippen LogP contribution in [0.3, 0.4) is 0 Å². The van der Waals surface area contributed by atoms with E-state index < -0.39 is 11.4 Å². The van der Waals surface area contributed by atoms with Gasteiger partial charge in [-0.05, 0) is 30.0 Å². The minimum Gasteiger partial charge on any atom is -0.385 e. The van der Waals surface area contributed by atoms with E-state index in [1.54, 1.807) is 0 Å². The fourth-order valence-corrected chi connectivity index (χ4v) is 4.18. The smallest absolute Gasteiger partial charge is 0.222 e. The first kappa shape index (κ1) is 16.3. The standard InChI is InChI=1S/C19H23FN4O/c1-18(2)11-24(16-14(20)10-22-17(21)23-16)15-9-12(5-6-13(15)18)19(25)7-3-4-8-19/h5-6,9-10,25H,3-4,7-8,11H2,1-2H3,(H2,21,22,23). The van der Waals surface area contributed by atoms with E-state index in [1.165, 1.54) is 0 Å². The van der Waals surface area contributed by atoms with Crippen LogP contribution in [-0.2, 0) is 11.0 Å². The molecule has 0 atom stereocenters. The van der Waals surface area contributed by atoms with Crippen molar-refractivity contribution in [2.45, 2.75) is 50.5 Å². The molecule has 1 aliphatic carbocycles. The number of halogens is 1. The maximum absolute atomic E-state index is 14.4. The monoisotopic (exact) mass is 342 g/mol. The number of hydrogen-bond acceptors (Lipinski definition) is 5. The fraction of sp³-hybridized carbons (Fsp3) is 0.474. The normalized spacial score (nSPS) is 20.7.